The zero-order valence-corrected chi connectivity index (χ0v) is 20.3. The van der Waals surface area contributed by atoms with Gasteiger partial charge in [0.1, 0.15) is 0 Å². The summed E-state index contributed by atoms with van der Waals surface area (Å²) in [6, 6.07) is 17.4. The van der Waals surface area contributed by atoms with Crippen molar-refractivity contribution in [1.82, 2.24) is 9.97 Å². The minimum absolute atomic E-state index is 0.142. The van der Waals surface area contributed by atoms with E-state index in [4.69, 9.17) is 16.6 Å². The Hall–Kier alpha value is -2.81. The molecule has 1 amide bonds. The lowest BCUT2D eigenvalue weighted by atomic mass is 10.1. The number of carbonyl (C=O) groups is 1. The van der Waals surface area contributed by atoms with Crippen molar-refractivity contribution in [3.8, 4) is 0 Å². The summed E-state index contributed by atoms with van der Waals surface area (Å²) < 4.78 is 26.5. The lowest BCUT2D eigenvalue weighted by molar-refractivity contribution is -0.118. The third kappa shape index (κ3) is 5.40. The van der Waals surface area contributed by atoms with Crippen LogP contribution in [-0.2, 0) is 27.6 Å². The van der Waals surface area contributed by atoms with Crippen molar-refractivity contribution in [2.75, 3.05) is 10.7 Å². The van der Waals surface area contributed by atoms with Crippen LogP contribution in [-0.4, -0.2) is 30.0 Å². The van der Waals surface area contributed by atoms with Crippen LogP contribution in [0.2, 0.25) is 5.02 Å². The van der Waals surface area contributed by atoms with E-state index in [1.165, 1.54) is 40.5 Å². The lowest BCUT2D eigenvalue weighted by Gasteiger charge is -2.19. The summed E-state index contributed by atoms with van der Waals surface area (Å²) in [7, 11) is -3.63. The van der Waals surface area contributed by atoms with Gasteiger partial charge in [0.05, 0.1) is 33.1 Å². The number of thiazole rings is 1. The van der Waals surface area contributed by atoms with E-state index in [0.717, 1.165) is 22.2 Å². The maximum absolute atomic E-state index is 13.3. The number of pyridine rings is 1. The van der Waals surface area contributed by atoms with Crippen molar-refractivity contribution in [1.29, 1.82) is 0 Å². The minimum Gasteiger partial charge on any atom is -0.282 e. The number of fused-ring (bicyclic) bond motifs is 1. The molecule has 170 valence electrons. The molecule has 0 saturated carbocycles. The molecule has 0 unspecified atom stereocenters. The number of amides is 1. The summed E-state index contributed by atoms with van der Waals surface area (Å²) in [6.07, 6.45) is 2.32. The molecule has 2 aromatic heterocycles. The van der Waals surface area contributed by atoms with Crippen molar-refractivity contribution in [3.63, 3.8) is 0 Å². The van der Waals surface area contributed by atoms with E-state index in [1.54, 1.807) is 12.3 Å². The van der Waals surface area contributed by atoms with E-state index >= 15 is 0 Å². The fourth-order valence-corrected chi connectivity index (χ4v) is 5.81. The van der Waals surface area contributed by atoms with Crippen molar-refractivity contribution in [2.24, 2.45) is 0 Å². The molecule has 0 fully saturated rings. The molecule has 4 rings (SSSR count). The van der Waals surface area contributed by atoms with Gasteiger partial charge in [-0.1, -0.05) is 48.1 Å². The van der Waals surface area contributed by atoms with Gasteiger partial charge >= 0.3 is 0 Å². The molecule has 0 spiro atoms. The number of sulfone groups is 1. The molecule has 6 nitrogen and oxygen atoms in total. The number of rotatable bonds is 8. The zero-order chi connectivity index (χ0) is 23.4. The van der Waals surface area contributed by atoms with Crippen LogP contribution in [0.4, 0.5) is 5.13 Å². The first-order valence-electron chi connectivity index (χ1n) is 10.4. The first-order chi connectivity index (χ1) is 15.9. The molecule has 0 atom stereocenters. The molecule has 2 aromatic carbocycles. The van der Waals surface area contributed by atoms with E-state index < -0.39 is 9.84 Å². The van der Waals surface area contributed by atoms with Crippen molar-refractivity contribution >= 4 is 54.0 Å². The van der Waals surface area contributed by atoms with E-state index in [1.807, 2.05) is 30.3 Å². The Bertz CT molecular complexity index is 1370. The number of nitrogens with zero attached hydrogens (tertiary/aromatic N) is 3. The maximum atomic E-state index is 13.3. The van der Waals surface area contributed by atoms with E-state index in [9.17, 15) is 13.2 Å². The molecule has 0 aliphatic rings. The molecular formula is C24H22ClN3O3S2. The SMILES string of the molecule is CCc1cccc2sc(N(Cc3ccccn3)C(=O)CCS(=O)(=O)c3ccc(Cl)cc3)nc12. The van der Waals surface area contributed by atoms with Crippen LogP contribution in [0.15, 0.2) is 71.8 Å². The molecule has 0 bridgehead atoms. The predicted octanol–water partition coefficient (Wildman–Crippen LogP) is 5.30. The number of hydrogen-bond acceptors (Lipinski definition) is 6. The number of anilines is 1. The minimum atomic E-state index is -3.63. The topological polar surface area (TPSA) is 80.2 Å². The molecule has 0 aliphatic carbocycles. The summed E-state index contributed by atoms with van der Waals surface area (Å²) >= 11 is 7.28. The Morgan fingerprint density at radius 2 is 1.85 bits per heavy atom. The Morgan fingerprint density at radius 3 is 2.55 bits per heavy atom. The number of aryl methyl sites for hydroxylation is 1. The number of benzene rings is 2. The molecule has 0 N–H and O–H groups in total. The van der Waals surface area contributed by atoms with Gasteiger partial charge < -0.3 is 0 Å². The van der Waals surface area contributed by atoms with Gasteiger partial charge in [-0.2, -0.15) is 0 Å². The van der Waals surface area contributed by atoms with Gasteiger partial charge in [-0.15, -0.1) is 0 Å². The molecular weight excluding hydrogens is 478 g/mol. The smallest absolute Gasteiger partial charge is 0.230 e. The number of aromatic nitrogens is 2. The summed E-state index contributed by atoms with van der Waals surface area (Å²) in [4.78, 5) is 24.0. The molecule has 0 aliphatic heterocycles. The first kappa shape index (κ1) is 23.4. The second-order valence-corrected chi connectivity index (χ2v) is 11.0. The predicted molar refractivity (Wildman–Crippen MR) is 133 cm³/mol. The fraction of sp³-hybridized carbons (Fsp3) is 0.208. The number of para-hydroxylation sites is 1. The van der Waals surface area contributed by atoms with Crippen LogP contribution >= 0.6 is 22.9 Å². The van der Waals surface area contributed by atoms with Crippen LogP contribution in [0.25, 0.3) is 10.2 Å². The van der Waals surface area contributed by atoms with Crippen LogP contribution in [0.3, 0.4) is 0 Å². The zero-order valence-electron chi connectivity index (χ0n) is 17.9. The van der Waals surface area contributed by atoms with Crippen molar-refractivity contribution < 1.29 is 13.2 Å². The summed E-state index contributed by atoms with van der Waals surface area (Å²) in [5.74, 6) is -0.632. The van der Waals surface area contributed by atoms with Gasteiger partial charge in [-0.25, -0.2) is 13.4 Å². The van der Waals surface area contributed by atoms with Crippen molar-refractivity contribution in [2.45, 2.75) is 31.2 Å². The second kappa shape index (κ2) is 9.99. The van der Waals surface area contributed by atoms with Gasteiger partial charge in [-0.3, -0.25) is 14.7 Å². The average Bonchev–Trinajstić information content (AvgIpc) is 3.26. The highest BCUT2D eigenvalue weighted by molar-refractivity contribution is 7.91. The van der Waals surface area contributed by atoms with E-state index in [0.29, 0.717) is 15.8 Å². The molecule has 33 heavy (non-hydrogen) atoms. The standard InChI is InChI=1S/C24H22ClN3O3S2/c1-2-17-6-5-8-21-23(17)27-24(32-21)28(16-19-7-3-4-14-26-19)22(29)13-15-33(30,31)20-11-9-18(25)10-12-20/h3-12,14H,2,13,15-16H2,1H3. The van der Waals surface area contributed by atoms with Gasteiger partial charge in [0.15, 0.2) is 15.0 Å². The maximum Gasteiger partial charge on any atom is 0.230 e. The quantitative estimate of drug-likeness (QED) is 0.328. The second-order valence-electron chi connectivity index (χ2n) is 7.44. The number of halogens is 1. The van der Waals surface area contributed by atoms with Gasteiger partial charge in [0.25, 0.3) is 0 Å². The van der Waals surface area contributed by atoms with E-state index in [2.05, 4.69) is 11.9 Å². The lowest BCUT2D eigenvalue weighted by Crippen LogP contribution is -2.32. The first-order valence-corrected chi connectivity index (χ1v) is 13.3. The summed E-state index contributed by atoms with van der Waals surface area (Å²) in [6.45, 7) is 2.27. The number of carbonyl (C=O) groups excluding carboxylic acids is 1. The molecule has 4 aromatic rings. The monoisotopic (exact) mass is 499 g/mol. The Kier molecular flexibility index (Phi) is 7.07. The number of hydrogen-bond donors (Lipinski definition) is 0. The van der Waals surface area contributed by atoms with Gasteiger partial charge in [-0.05, 0) is 54.4 Å². The van der Waals surface area contributed by atoms with Gasteiger partial charge in [0.2, 0.25) is 5.91 Å². The molecule has 0 radical (unpaired) electrons. The summed E-state index contributed by atoms with van der Waals surface area (Å²) in [5, 5.41) is 0.985. The Labute approximate surface area is 201 Å². The Balaban J connectivity index is 1.62. The van der Waals surface area contributed by atoms with Crippen LogP contribution in [0.1, 0.15) is 24.6 Å². The highest BCUT2D eigenvalue weighted by atomic mass is 35.5. The highest BCUT2D eigenvalue weighted by Gasteiger charge is 2.24. The third-order valence-electron chi connectivity index (χ3n) is 5.21. The van der Waals surface area contributed by atoms with E-state index in [-0.39, 0.29) is 29.5 Å². The Morgan fingerprint density at radius 1 is 1.06 bits per heavy atom. The normalized spacial score (nSPS) is 11.6. The summed E-state index contributed by atoms with van der Waals surface area (Å²) in [5.41, 5.74) is 2.67. The molecule has 9 heteroatoms. The largest absolute Gasteiger partial charge is 0.282 e. The average molecular weight is 500 g/mol. The van der Waals surface area contributed by atoms with Gasteiger partial charge in [0, 0.05) is 17.6 Å². The molecule has 0 saturated heterocycles. The van der Waals surface area contributed by atoms with Crippen LogP contribution < -0.4 is 4.90 Å². The van der Waals surface area contributed by atoms with Crippen LogP contribution in [0, 0.1) is 0 Å². The molecule has 2 heterocycles. The fourth-order valence-electron chi connectivity index (χ4n) is 3.43. The third-order valence-corrected chi connectivity index (χ3v) is 8.24. The highest BCUT2D eigenvalue weighted by Crippen LogP contribution is 2.32. The van der Waals surface area contributed by atoms with Crippen LogP contribution in [0.5, 0.6) is 0 Å². The van der Waals surface area contributed by atoms with Crippen molar-refractivity contribution in [3.05, 3.63) is 83.1 Å².